The first-order valence-electron chi connectivity index (χ1n) is 10.5. The minimum atomic E-state index is -0.265. The first-order chi connectivity index (χ1) is 15.0. The molecule has 1 heterocycles. The number of aromatic nitrogens is 2. The Kier molecular flexibility index (Phi) is 6.12. The molecule has 0 atom stereocenters. The Morgan fingerprint density at radius 1 is 1.13 bits per heavy atom. The molecule has 0 radical (unpaired) electrons. The zero-order valence-electron chi connectivity index (χ0n) is 17.9. The summed E-state index contributed by atoms with van der Waals surface area (Å²) in [7, 11) is 0. The summed E-state index contributed by atoms with van der Waals surface area (Å²) >= 11 is 0. The largest absolute Gasteiger partial charge is 0.474 e. The van der Waals surface area contributed by atoms with E-state index in [1.165, 1.54) is 17.7 Å². The normalized spacial score (nSPS) is 13.4. The molecule has 0 spiro atoms. The lowest BCUT2D eigenvalue weighted by molar-refractivity contribution is 0.288. The third kappa shape index (κ3) is 5.57. The number of nitrogens with zero attached hydrogens (tertiary/aromatic N) is 2. The summed E-state index contributed by atoms with van der Waals surface area (Å²) in [6.45, 7) is 8.74. The molecule has 1 saturated carbocycles. The van der Waals surface area contributed by atoms with Crippen molar-refractivity contribution >= 4 is 17.6 Å². The van der Waals surface area contributed by atoms with Crippen LogP contribution in [0.1, 0.15) is 42.2 Å². The summed E-state index contributed by atoms with van der Waals surface area (Å²) in [5.74, 6) is 0.864. The molecule has 3 aromatic rings. The molecule has 5 heteroatoms. The van der Waals surface area contributed by atoms with Gasteiger partial charge in [0.05, 0.1) is 5.69 Å². The van der Waals surface area contributed by atoms with Gasteiger partial charge in [0, 0.05) is 13.5 Å². The molecule has 4 nitrogen and oxygen atoms in total. The number of ether oxygens (including phenoxy) is 1. The van der Waals surface area contributed by atoms with Crippen molar-refractivity contribution in [2.75, 3.05) is 5.32 Å². The van der Waals surface area contributed by atoms with E-state index in [9.17, 15) is 4.39 Å². The number of benzene rings is 2. The summed E-state index contributed by atoms with van der Waals surface area (Å²) in [6.07, 6.45) is 6.14. The number of nitrogens with one attached hydrogen (secondary N) is 1. The van der Waals surface area contributed by atoms with E-state index in [4.69, 9.17) is 4.74 Å². The van der Waals surface area contributed by atoms with Gasteiger partial charge >= 0.3 is 0 Å². The van der Waals surface area contributed by atoms with Gasteiger partial charge < -0.3 is 10.1 Å². The molecular formula is C26H28FN3O. The molecule has 1 aliphatic rings. The van der Waals surface area contributed by atoms with Crippen LogP contribution >= 0.6 is 0 Å². The molecule has 31 heavy (non-hydrogen) atoms. The Morgan fingerprint density at radius 2 is 1.84 bits per heavy atom. The van der Waals surface area contributed by atoms with Gasteiger partial charge in [-0.3, -0.25) is 0 Å². The molecular weight excluding hydrogens is 389 g/mol. The molecule has 0 bridgehead atoms. The van der Waals surface area contributed by atoms with Crippen molar-refractivity contribution in [2.24, 2.45) is 0 Å². The molecule has 4 rings (SSSR count). The first-order valence-corrected chi connectivity index (χ1v) is 10.5. The predicted molar refractivity (Wildman–Crippen MR) is 126 cm³/mol. The fourth-order valence-electron chi connectivity index (χ4n) is 3.04. The van der Waals surface area contributed by atoms with Crippen molar-refractivity contribution in [3.05, 3.63) is 95.0 Å². The smallest absolute Gasteiger partial charge is 0.226 e. The van der Waals surface area contributed by atoms with Crippen LogP contribution in [0.25, 0.3) is 11.6 Å². The monoisotopic (exact) mass is 417 g/mol. The van der Waals surface area contributed by atoms with Crippen molar-refractivity contribution in [3.8, 4) is 5.88 Å². The van der Waals surface area contributed by atoms with Gasteiger partial charge in [0.25, 0.3) is 0 Å². The zero-order valence-corrected chi connectivity index (χ0v) is 17.9. The van der Waals surface area contributed by atoms with Crippen LogP contribution in [0.4, 0.5) is 10.3 Å². The second kappa shape index (κ2) is 9.13. The van der Waals surface area contributed by atoms with Crippen LogP contribution in [-0.2, 0) is 6.54 Å². The highest BCUT2D eigenvalue weighted by Crippen LogP contribution is 2.30. The maximum Gasteiger partial charge on any atom is 0.226 e. The summed E-state index contributed by atoms with van der Waals surface area (Å²) in [5.41, 5.74) is 5.66. The van der Waals surface area contributed by atoms with E-state index in [2.05, 4.69) is 53.1 Å². The molecule has 1 aliphatic carbocycles. The average Bonchev–Trinajstić information content (AvgIpc) is 3.58. The maximum absolute atomic E-state index is 13.2. The van der Waals surface area contributed by atoms with Gasteiger partial charge in [-0.05, 0) is 61.6 Å². The van der Waals surface area contributed by atoms with Crippen LogP contribution < -0.4 is 10.1 Å². The first kappa shape index (κ1) is 20.8. The topological polar surface area (TPSA) is 47.0 Å². The zero-order chi connectivity index (χ0) is 21.8. The molecule has 1 aromatic heterocycles. The molecule has 0 unspecified atom stereocenters. The number of anilines is 1. The number of hydrogen-bond donors (Lipinski definition) is 1. The fraction of sp³-hybridized carbons (Fsp3) is 0.231. The molecule has 1 N–H and O–H groups in total. The predicted octanol–water partition coefficient (Wildman–Crippen LogP) is 6.36. The average molecular weight is 418 g/mol. The quantitative estimate of drug-likeness (QED) is 0.433. The highest BCUT2D eigenvalue weighted by molar-refractivity contribution is 5.77. The standard InChI is InChI=1S/C26H26FN3O.H2/c1-17-4-7-20(8-5-17)16-28-26-29-24(19(3)25(30-26)31-23-13-14-23)15-6-18(2)21-9-11-22(27)12-10-21;/h4-12,15,23H,2,13-14,16H2,1,3H3,(H,28,29,30);1H/b15-6-;. The molecule has 2 aromatic carbocycles. The van der Waals surface area contributed by atoms with Crippen LogP contribution in [0.5, 0.6) is 5.88 Å². The maximum atomic E-state index is 13.2. The van der Waals surface area contributed by atoms with Gasteiger partial charge in [0.15, 0.2) is 0 Å². The van der Waals surface area contributed by atoms with Crippen molar-refractivity contribution in [1.82, 2.24) is 9.97 Å². The summed E-state index contributed by atoms with van der Waals surface area (Å²) < 4.78 is 19.2. The van der Waals surface area contributed by atoms with E-state index >= 15 is 0 Å². The van der Waals surface area contributed by atoms with Gasteiger partial charge in [-0.2, -0.15) is 4.98 Å². The third-order valence-corrected chi connectivity index (χ3v) is 5.17. The Bertz CT molecular complexity index is 1110. The molecule has 160 valence electrons. The number of allylic oxidation sites excluding steroid dienone is 2. The highest BCUT2D eigenvalue weighted by Gasteiger charge is 2.25. The summed E-state index contributed by atoms with van der Waals surface area (Å²) in [6, 6.07) is 14.6. The Morgan fingerprint density at radius 3 is 2.52 bits per heavy atom. The fourth-order valence-corrected chi connectivity index (χ4v) is 3.04. The van der Waals surface area contributed by atoms with Gasteiger partial charge in [0.1, 0.15) is 11.9 Å². The Labute approximate surface area is 184 Å². The minimum absolute atomic E-state index is 0. The molecule has 1 fully saturated rings. The van der Waals surface area contributed by atoms with Gasteiger partial charge in [-0.15, -0.1) is 0 Å². The van der Waals surface area contributed by atoms with Crippen LogP contribution in [0.3, 0.4) is 0 Å². The number of rotatable bonds is 8. The SMILES string of the molecule is C=C(/C=C\c1nc(NCc2ccc(C)cc2)nc(OC2CC2)c1C)c1ccc(F)cc1.[HH]. The third-order valence-electron chi connectivity index (χ3n) is 5.17. The van der Waals surface area contributed by atoms with E-state index in [0.717, 1.165) is 40.8 Å². The van der Waals surface area contributed by atoms with Crippen molar-refractivity contribution in [1.29, 1.82) is 0 Å². The molecule has 0 saturated heterocycles. The second-order valence-electron chi connectivity index (χ2n) is 7.88. The van der Waals surface area contributed by atoms with E-state index in [1.807, 2.05) is 19.1 Å². The van der Waals surface area contributed by atoms with E-state index in [1.54, 1.807) is 12.1 Å². The van der Waals surface area contributed by atoms with E-state index in [0.29, 0.717) is 18.4 Å². The van der Waals surface area contributed by atoms with Crippen LogP contribution in [-0.4, -0.2) is 16.1 Å². The van der Waals surface area contributed by atoms with Crippen molar-refractivity contribution < 1.29 is 10.6 Å². The van der Waals surface area contributed by atoms with Crippen molar-refractivity contribution in [2.45, 2.75) is 39.3 Å². The van der Waals surface area contributed by atoms with E-state index < -0.39 is 0 Å². The van der Waals surface area contributed by atoms with Gasteiger partial charge in [-0.1, -0.05) is 54.6 Å². The lowest BCUT2D eigenvalue weighted by Crippen LogP contribution is -2.09. The highest BCUT2D eigenvalue weighted by atomic mass is 19.1. The Hall–Kier alpha value is -3.47. The minimum Gasteiger partial charge on any atom is -0.474 e. The Balaban J connectivity index is 0.00000289. The van der Waals surface area contributed by atoms with Gasteiger partial charge in [0.2, 0.25) is 11.8 Å². The van der Waals surface area contributed by atoms with Crippen LogP contribution in [0, 0.1) is 19.7 Å². The number of aryl methyl sites for hydroxylation is 1. The van der Waals surface area contributed by atoms with Gasteiger partial charge in [-0.25, -0.2) is 9.37 Å². The van der Waals surface area contributed by atoms with E-state index in [-0.39, 0.29) is 13.3 Å². The lowest BCUT2D eigenvalue weighted by atomic mass is 10.1. The number of halogens is 1. The van der Waals surface area contributed by atoms with Crippen LogP contribution in [0.15, 0.2) is 61.2 Å². The molecule has 0 amide bonds. The summed E-state index contributed by atoms with van der Waals surface area (Å²) in [5, 5.41) is 3.31. The second-order valence-corrected chi connectivity index (χ2v) is 7.88. The number of hydrogen-bond acceptors (Lipinski definition) is 4. The molecule has 0 aliphatic heterocycles. The van der Waals surface area contributed by atoms with Crippen LogP contribution in [0.2, 0.25) is 0 Å². The van der Waals surface area contributed by atoms with Crippen molar-refractivity contribution in [3.63, 3.8) is 0 Å². The lowest BCUT2D eigenvalue weighted by Gasteiger charge is -2.13. The summed E-state index contributed by atoms with van der Waals surface area (Å²) in [4.78, 5) is 9.28.